The monoisotopic (exact) mass is 230 g/mol. The van der Waals surface area contributed by atoms with E-state index >= 15 is 0 Å². The predicted octanol–water partition coefficient (Wildman–Crippen LogP) is 2.61. The third-order valence-corrected chi connectivity index (χ3v) is 2.29. The number of Topliss-reactive ketones (excluding diaryl/α,β-unsaturated/α-hetero) is 1. The second-order valence-corrected chi connectivity index (χ2v) is 3.59. The van der Waals surface area contributed by atoms with Crippen molar-refractivity contribution in [3.05, 3.63) is 54.1 Å². The number of aromatic nitrogens is 2. The van der Waals surface area contributed by atoms with Gasteiger partial charge in [-0.15, -0.1) is 0 Å². The zero-order valence-corrected chi connectivity index (χ0v) is 9.30. The number of hydrogen-bond acceptors (Lipinski definition) is 2. The lowest BCUT2D eigenvalue weighted by Crippen LogP contribution is -2.05. The van der Waals surface area contributed by atoms with E-state index in [-0.39, 0.29) is 11.6 Å². The molecule has 4 heteroatoms. The third-order valence-electron chi connectivity index (χ3n) is 2.29. The summed E-state index contributed by atoms with van der Waals surface area (Å²) in [6, 6.07) is 7.67. The summed E-state index contributed by atoms with van der Waals surface area (Å²) in [5.41, 5.74) is 1.20. The molecule has 0 aliphatic rings. The third kappa shape index (κ3) is 2.66. The van der Waals surface area contributed by atoms with Gasteiger partial charge in [-0.05, 0) is 29.8 Å². The molecule has 2 aromatic rings. The van der Waals surface area contributed by atoms with Crippen LogP contribution in [0.25, 0.3) is 11.8 Å². The summed E-state index contributed by atoms with van der Waals surface area (Å²) in [4.78, 5) is 11.5. The van der Waals surface area contributed by atoms with Crippen LogP contribution in [-0.2, 0) is 4.79 Å². The molecule has 0 spiro atoms. The molecule has 0 amide bonds. The van der Waals surface area contributed by atoms with Gasteiger partial charge in [0.05, 0.1) is 0 Å². The Balaban J connectivity index is 2.40. The van der Waals surface area contributed by atoms with E-state index in [0.717, 1.165) is 5.56 Å². The van der Waals surface area contributed by atoms with Crippen LogP contribution in [0.4, 0.5) is 4.39 Å². The number of carbonyl (C=O) groups excluding carboxylic acids is 1. The van der Waals surface area contributed by atoms with Crippen LogP contribution in [0, 0.1) is 5.82 Å². The number of carbonyl (C=O) groups is 1. The molecule has 3 nitrogen and oxygen atoms in total. The average Bonchev–Trinajstić information content (AvgIpc) is 2.81. The molecule has 2 rings (SSSR count). The minimum atomic E-state index is -0.300. The first kappa shape index (κ1) is 11.3. The lowest BCUT2D eigenvalue weighted by Gasteiger charge is -2.03. The number of nitrogens with zero attached hydrogens (tertiary/aromatic N) is 2. The summed E-state index contributed by atoms with van der Waals surface area (Å²) in [7, 11) is 0. The van der Waals surface area contributed by atoms with Gasteiger partial charge in [0.1, 0.15) is 11.5 Å². The summed E-state index contributed by atoms with van der Waals surface area (Å²) in [6.45, 7) is 1.47. The van der Waals surface area contributed by atoms with Crippen LogP contribution < -0.4 is 0 Å². The molecule has 0 bridgehead atoms. The van der Waals surface area contributed by atoms with Crippen LogP contribution in [0.2, 0.25) is 0 Å². The molecule has 1 aromatic heterocycles. The second-order valence-electron chi connectivity index (χ2n) is 3.59. The topological polar surface area (TPSA) is 34.9 Å². The van der Waals surface area contributed by atoms with Gasteiger partial charge in [-0.25, -0.2) is 9.07 Å². The van der Waals surface area contributed by atoms with Crippen molar-refractivity contribution in [1.29, 1.82) is 0 Å². The van der Waals surface area contributed by atoms with Gasteiger partial charge in [0, 0.05) is 19.3 Å². The van der Waals surface area contributed by atoms with Gasteiger partial charge in [0.25, 0.3) is 0 Å². The summed E-state index contributed by atoms with van der Waals surface area (Å²) in [6.07, 6.45) is 4.97. The molecule has 0 atom stereocenters. The summed E-state index contributed by atoms with van der Waals surface area (Å²) in [5.74, 6) is -0.399. The number of ketones is 1. The highest BCUT2D eigenvalue weighted by Crippen LogP contribution is 2.12. The highest BCUT2D eigenvalue weighted by Gasteiger charge is 2.06. The number of halogens is 1. The van der Waals surface area contributed by atoms with Crippen LogP contribution in [0.15, 0.2) is 42.7 Å². The highest BCUT2D eigenvalue weighted by atomic mass is 19.1. The van der Waals surface area contributed by atoms with Gasteiger partial charge in [-0.1, -0.05) is 12.1 Å². The molecule has 0 saturated carbocycles. The van der Waals surface area contributed by atoms with Gasteiger partial charge in [-0.3, -0.25) is 4.79 Å². The maximum atomic E-state index is 12.8. The Morgan fingerprint density at radius 3 is 2.59 bits per heavy atom. The van der Waals surface area contributed by atoms with E-state index in [0.29, 0.717) is 5.70 Å². The number of rotatable bonds is 3. The van der Waals surface area contributed by atoms with Crippen molar-refractivity contribution in [3.63, 3.8) is 0 Å². The van der Waals surface area contributed by atoms with Crippen molar-refractivity contribution in [2.75, 3.05) is 0 Å². The Labute approximate surface area is 98.2 Å². The Kier molecular flexibility index (Phi) is 3.14. The van der Waals surface area contributed by atoms with E-state index < -0.39 is 0 Å². The van der Waals surface area contributed by atoms with Crippen LogP contribution in [0.3, 0.4) is 0 Å². The van der Waals surface area contributed by atoms with Crippen molar-refractivity contribution in [2.45, 2.75) is 6.92 Å². The van der Waals surface area contributed by atoms with E-state index in [4.69, 9.17) is 0 Å². The molecular formula is C13H11FN2O. The molecule has 0 aliphatic carbocycles. The first-order chi connectivity index (χ1) is 8.16. The normalized spacial score (nSPS) is 11.5. The Morgan fingerprint density at radius 2 is 2.06 bits per heavy atom. The molecular weight excluding hydrogens is 219 g/mol. The van der Waals surface area contributed by atoms with Gasteiger partial charge < -0.3 is 0 Å². The Morgan fingerprint density at radius 1 is 1.35 bits per heavy atom. The maximum absolute atomic E-state index is 12.8. The fourth-order valence-corrected chi connectivity index (χ4v) is 1.46. The lowest BCUT2D eigenvalue weighted by atomic mass is 10.1. The van der Waals surface area contributed by atoms with Crippen molar-refractivity contribution < 1.29 is 9.18 Å². The van der Waals surface area contributed by atoms with Crippen LogP contribution in [0.1, 0.15) is 12.5 Å². The molecule has 0 radical (unpaired) electrons. The Hall–Kier alpha value is -2.23. The average molecular weight is 230 g/mol. The fraction of sp³-hybridized carbons (Fsp3) is 0.0769. The van der Waals surface area contributed by atoms with E-state index in [1.54, 1.807) is 36.7 Å². The molecule has 0 N–H and O–H groups in total. The first-order valence-electron chi connectivity index (χ1n) is 5.15. The van der Waals surface area contributed by atoms with Crippen LogP contribution >= 0.6 is 0 Å². The first-order valence-corrected chi connectivity index (χ1v) is 5.15. The van der Waals surface area contributed by atoms with Gasteiger partial charge in [0.2, 0.25) is 0 Å². The smallest absolute Gasteiger partial charge is 0.178 e. The van der Waals surface area contributed by atoms with Crippen molar-refractivity contribution in [1.82, 2.24) is 9.78 Å². The SMILES string of the molecule is CC(=O)/C(=C/c1ccc(F)cc1)n1cccn1. The zero-order chi connectivity index (χ0) is 12.3. The molecule has 0 aliphatic heterocycles. The maximum Gasteiger partial charge on any atom is 0.178 e. The van der Waals surface area contributed by atoms with E-state index in [1.807, 2.05) is 0 Å². The molecule has 0 saturated heterocycles. The van der Waals surface area contributed by atoms with Crippen LogP contribution in [-0.4, -0.2) is 15.6 Å². The van der Waals surface area contributed by atoms with Crippen molar-refractivity contribution in [2.24, 2.45) is 0 Å². The minimum absolute atomic E-state index is 0.0991. The highest BCUT2D eigenvalue weighted by molar-refractivity contribution is 6.18. The minimum Gasteiger partial charge on any atom is -0.293 e. The number of allylic oxidation sites excluding steroid dienone is 1. The van der Waals surface area contributed by atoms with Gasteiger partial charge >= 0.3 is 0 Å². The van der Waals surface area contributed by atoms with Gasteiger partial charge in [0.15, 0.2) is 5.78 Å². The van der Waals surface area contributed by atoms with E-state index in [2.05, 4.69) is 5.10 Å². The molecule has 17 heavy (non-hydrogen) atoms. The van der Waals surface area contributed by atoms with Crippen molar-refractivity contribution in [3.8, 4) is 0 Å². The molecule has 0 fully saturated rings. The summed E-state index contributed by atoms with van der Waals surface area (Å²) in [5, 5.41) is 4.01. The molecule has 1 heterocycles. The van der Waals surface area contributed by atoms with Gasteiger partial charge in [-0.2, -0.15) is 5.10 Å². The van der Waals surface area contributed by atoms with E-state index in [9.17, 15) is 9.18 Å². The zero-order valence-electron chi connectivity index (χ0n) is 9.30. The molecule has 86 valence electrons. The number of benzene rings is 1. The van der Waals surface area contributed by atoms with Crippen LogP contribution in [0.5, 0.6) is 0 Å². The van der Waals surface area contributed by atoms with E-state index in [1.165, 1.54) is 23.7 Å². The van der Waals surface area contributed by atoms with Crippen molar-refractivity contribution >= 4 is 17.6 Å². The quantitative estimate of drug-likeness (QED) is 0.760. The second kappa shape index (κ2) is 4.74. The standard InChI is InChI=1S/C13H11FN2O/c1-10(17)13(16-8-2-7-15-16)9-11-3-5-12(14)6-4-11/h2-9H,1H3/b13-9-. The molecule has 0 unspecified atom stereocenters. The molecule has 1 aromatic carbocycles. The summed E-state index contributed by atoms with van der Waals surface area (Å²) >= 11 is 0. The fourth-order valence-electron chi connectivity index (χ4n) is 1.46. The predicted molar refractivity (Wildman–Crippen MR) is 63.5 cm³/mol. The lowest BCUT2D eigenvalue weighted by molar-refractivity contribution is -0.112. The largest absolute Gasteiger partial charge is 0.293 e. The number of hydrogen-bond donors (Lipinski definition) is 0. The Bertz CT molecular complexity index is 541. The summed E-state index contributed by atoms with van der Waals surface area (Å²) < 4.78 is 14.2.